The van der Waals surface area contributed by atoms with Gasteiger partial charge in [-0.2, -0.15) is 0 Å². The van der Waals surface area contributed by atoms with Crippen LogP contribution >= 0.6 is 0 Å². The average Bonchev–Trinajstić information content (AvgIpc) is 2.39. The van der Waals surface area contributed by atoms with Crippen molar-refractivity contribution >= 4 is 11.6 Å². The van der Waals surface area contributed by atoms with Gasteiger partial charge >= 0.3 is 0 Å². The summed E-state index contributed by atoms with van der Waals surface area (Å²) >= 11 is 0. The monoisotopic (exact) mass is 211 g/mol. The number of benzene rings is 2. The molecule has 16 heavy (non-hydrogen) atoms. The number of hydrazine groups is 1. The standard InChI is InChI=1S/C13H11N2O/c14-15(12-9-5-2-6-10-12)13(16)11-7-3-1-4-8-11/h1,3-10H,14H2. The molecule has 0 atom stereocenters. The molecule has 0 saturated carbocycles. The molecule has 0 fully saturated rings. The van der Waals surface area contributed by atoms with E-state index in [-0.39, 0.29) is 5.91 Å². The Bertz CT molecular complexity index is 468. The largest absolute Gasteiger partial charge is 0.272 e. The van der Waals surface area contributed by atoms with Crippen molar-refractivity contribution in [3.05, 3.63) is 66.2 Å². The predicted octanol–water partition coefficient (Wildman–Crippen LogP) is 2.01. The van der Waals surface area contributed by atoms with Crippen LogP contribution in [0.15, 0.2) is 54.6 Å². The van der Waals surface area contributed by atoms with Crippen molar-refractivity contribution in [1.82, 2.24) is 0 Å². The number of nitrogens with two attached hydrogens (primary N) is 1. The lowest BCUT2D eigenvalue weighted by Gasteiger charge is -2.16. The zero-order valence-electron chi connectivity index (χ0n) is 8.63. The molecular formula is C13H11N2O. The molecule has 2 aromatic rings. The Balaban J connectivity index is 2.24. The van der Waals surface area contributed by atoms with E-state index < -0.39 is 0 Å². The minimum Gasteiger partial charge on any atom is -0.267 e. The van der Waals surface area contributed by atoms with Gasteiger partial charge in [0.1, 0.15) is 0 Å². The molecule has 0 bridgehead atoms. The van der Waals surface area contributed by atoms with Gasteiger partial charge in [-0.15, -0.1) is 0 Å². The maximum Gasteiger partial charge on any atom is 0.272 e. The Morgan fingerprint density at radius 1 is 1.06 bits per heavy atom. The van der Waals surface area contributed by atoms with Gasteiger partial charge in [0.25, 0.3) is 5.91 Å². The summed E-state index contributed by atoms with van der Waals surface area (Å²) in [7, 11) is 0. The molecule has 0 aliphatic carbocycles. The normalized spacial score (nSPS) is 9.81. The minimum atomic E-state index is -0.230. The van der Waals surface area contributed by atoms with Gasteiger partial charge in [0.05, 0.1) is 5.69 Å². The van der Waals surface area contributed by atoms with Gasteiger partial charge in [0, 0.05) is 5.56 Å². The lowest BCUT2D eigenvalue weighted by molar-refractivity contribution is 0.0987. The van der Waals surface area contributed by atoms with Gasteiger partial charge in [0.15, 0.2) is 0 Å². The zero-order chi connectivity index (χ0) is 11.4. The molecule has 1 radical (unpaired) electrons. The number of amides is 1. The third kappa shape index (κ3) is 2.10. The highest BCUT2D eigenvalue weighted by Crippen LogP contribution is 2.12. The molecule has 0 spiro atoms. The van der Waals surface area contributed by atoms with Crippen LogP contribution in [0.1, 0.15) is 10.4 Å². The first-order valence-electron chi connectivity index (χ1n) is 4.89. The van der Waals surface area contributed by atoms with E-state index in [2.05, 4.69) is 6.07 Å². The molecule has 1 amide bonds. The lowest BCUT2D eigenvalue weighted by atomic mass is 10.2. The summed E-state index contributed by atoms with van der Waals surface area (Å²) < 4.78 is 0. The van der Waals surface area contributed by atoms with Gasteiger partial charge < -0.3 is 0 Å². The molecule has 2 aromatic carbocycles. The van der Waals surface area contributed by atoms with E-state index in [0.717, 1.165) is 5.01 Å². The highest BCUT2D eigenvalue weighted by Gasteiger charge is 2.12. The second-order valence-electron chi connectivity index (χ2n) is 3.30. The Morgan fingerprint density at radius 2 is 1.69 bits per heavy atom. The van der Waals surface area contributed by atoms with Crippen LogP contribution in [0.3, 0.4) is 0 Å². The third-order valence-corrected chi connectivity index (χ3v) is 2.22. The van der Waals surface area contributed by atoms with Gasteiger partial charge in [0.2, 0.25) is 0 Å². The molecule has 0 aliphatic heterocycles. The van der Waals surface area contributed by atoms with Crippen molar-refractivity contribution in [2.45, 2.75) is 0 Å². The van der Waals surface area contributed by atoms with Crippen LogP contribution in [0, 0.1) is 6.07 Å². The van der Waals surface area contributed by atoms with E-state index in [9.17, 15) is 4.79 Å². The molecule has 0 aliphatic rings. The maximum absolute atomic E-state index is 11.9. The summed E-state index contributed by atoms with van der Waals surface area (Å²) in [5, 5.41) is 1.13. The first-order valence-corrected chi connectivity index (χ1v) is 4.89. The van der Waals surface area contributed by atoms with Crippen molar-refractivity contribution in [3.63, 3.8) is 0 Å². The molecule has 0 unspecified atom stereocenters. The van der Waals surface area contributed by atoms with Crippen molar-refractivity contribution in [2.75, 3.05) is 5.01 Å². The smallest absolute Gasteiger partial charge is 0.267 e. The van der Waals surface area contributed by atoms with Gasteiger partial charge in [-0.3, -0.25) is 4.79 Å². The van der Waals surface area contributed by atoms with Crippen LogP contribution in [0.4, 0.5) is 5.69 Å². The average molecular weight is 211 g/mol. The molecule has 3 heteroatoms. The molecule has 0 heterocycles. The summed E-state index contributed by atoms with van der Waals surface area (Å²) in [5.41, 5.74) is 1.21. The van der Waals surface area contributed by atoms with E-state index in [1.807, 2.05) is 6.07 Å². The Kier molecular flexibility index (Phi) is 2.98. The molecule has 79 valence electrons. The summed E-state index contributed by atoms with van der Waals surface area (Å²) in [4.78, 5) is 11.9. The quantitative estimate of drug-likeness (QED) is 0.469. The van der Waals surface area contributed by atoms with Crippen LogP contribution in [-0.4, -0.2) is 5.91 Å². The van der Waals surface area contributed by atoms with Crippen molar-refractivity contribution in [2.24, 2.45) is 5.84 Å². The number of rotatable bonds is 2. The van der Waals surface area contributed by atoms with Crippen molar-refractivity contribution in [1.29, 1.82) is 0 Å². The zero-order valence-corrected chi connectivity index (χ0v) is 8.63. The van der Waals surface area contributed by atoms with E-state index in [1.54, 1.807) is 48.5 Å². The Hall–Kier alpha value is -2.13. The fourth-order valence-corrected chi connectivity index (χ4v) is 1.38. The summed E-state index contributed by atoms with van der Waals surface area (Å²) in [6, 6.07) is 18.7. The van der Waals surface area contributed by atoms with Crippen LogP contribution < -0.4 is 10.9 Å². The number of nitrogens with zero attached hydrogens (tertiary/aromatic N) is 1. The number of carbonyl (C=O) groups is 1. The molecule has 0 aromatic heterocycles. The van der Waals surface area contributed by atoms with Gasteiger partial charge in [-0.05, 0) is 30.3 Å². The van der Waals surface area contributed by atoms with E-state index >= 15 is 0 Å². The number of anilines is 1. The topological polar surface area (TPSA) is 46.3 Å². The Labute approximate surface area is 94.1 Å². The van der Waals surface area contributed by atoms with Crippen molar-refractivity contribution in [3.8, 4) is 0 Å². The highest BCUT2D eigenvalue weighted by atomic mass is 16.2. The second kappa shape index (κ2) is 4.59. The molecule has 3 nitrogen and oxygen atoms in total. The molecule has 2 N–H and O–H groups in total. The Morgan fingerprint density at radius 3 is 2.31 bits per heavy atom. The molecule has 0 saturated heterocycles. The summed E-state index contributed by atoms with van der Waals surface area (Å²) in [6.45, 7) is 0. The molecule has 2 rings (SSSR count). The van der Waals surface area contributed by atoms with Crippen LogP contribution in [0.25, 0.3) is 0 Å². The van der Waals surface area contributed by atoms with E-state index in [1.165, 1.54) is 0 Å². The lowest BCUT2D eigenvalue weighted by Crippen LogP contribution is -2.37. The van der Waals surface area contributed by atoms with Crippen LogP contribution in [0.2, 0.25) is 0 Å². The second-order valence-corrected chi connectivity index (χ2v) is 3.30. The predicted molar refractivity (Wildman–Crippen MR) is 62.7 cm³/mol. The van der Waals surface area contributed by atoms with Crippen LogP contribution in [-0.2, 0) is 0 Å². The first-order chi connectivity index (χ1) is 7.79. The van der Waals surface area contributed by atoms with Gasteiger partial charge in [-0.25, -0.2) is 10.9 Å². The minimum absolute atomic E-state index is 0.230. The van der Waals surface area contributed by atoms with Crippen molar-refractivity contribution < 1.29 is 4.79 Å². The summed E-state index contributed by atoms with van der Waals surface area (Å²) in [5.74, 6) is 5.51. The molecular weight excluding hydrogens is 200 g/mol. The van der Waals surface area contributed by atoms with Crippen LogP contribution in [0.5, 0.6) is 0 Å². The van der Waals surface area contributed by atoms with E-state index in [4.69, 9.17) is 5.84 Å². The highest BCUT2D eigenvalue weighted by molar-refractivity contribution is 6.05. The third-order valence-electron chi connectivity index (χ3n) is 2.22. The summed E-state index contributed by atoms with van der Waals surface area (Å²) in [6.07, 6.45) is 0. The first kappa shape index (κ1) is 10.4. The fraction of sp³-hybridized carbons (Fsp3) is 0. The number of hydrogen-bond donors (Lipinski definition) is 1. The number of hydrogen-bond acceptors (Lipinski definition) is 2. The fourth-order valence-electron chi connectivity index (χ4n) is 1.38. The number of carbonyl (C=O) groups excluding carboxylic acids is 1. The van der Waals surface area contributed by atoms with Gasteiger partial charge in [-0.1, -0.05) is 30.3 Å². The maximum atomic E-state index is 11.9. The van der Waals surface area contributed by atoms with E-state index in [0.29, 0.717) is 11.3 Å². The SMILES string of the molecule is NN(C(=O)c1ccccc1)c1cc[c]cc1.